The summed E-state index contributed by atoms with van der Waals surface area (Å²) in [5.74, 6) is 0. The van der Waals surface area contributed by atoms with Gasteiger partial charge in [0.25, 0.3) is 0 Å². The maximum atomic E-state index is 9.56. The lowest BCUT2D eigenvalue weighted by Crippen LogP contribution is -1.80. The van der Waals surface area contributed by atoms with Crippen LogP contribution >= 0.6 is 0 Å². The Morgan fingerprint density at radius 1 is 1.67 bits per heavy atom. The van der Waals surface area contributed by atoms with Crippen LogP contribution in [0, 0.1) is 0 Å². The Bertz CT molecular complexity index is 104. The normalized spacial score (nSPS) is 14.6. The minimum Gasteiger partial charge on any atom is -0.482 e. The van der Waals surface area contributed by atoms with Gasteiger partial charge in [0.1, 0.15) is 6.61 Å². The topological polar surface area (TPSA) is 38.7 Å². The summed E-state index contributed by atoms with van der Waals surface area (Å²) in [4.78, 5) is 3.74. The largest absolute Gasteiger partial charge is 0.482 e. The van der Waals surface area contributed by atoms with E-state index in [1.165, 1.54) is 6.40 Å². The molecule has 0 spiro atoms. The van der Waals surface area contributed by atoms with Crippen LogP contribution in [-0.4, -0.2) is 36.3 Å². The molecule has 0 saturated carbocycles. The summed E-state index contributed by atoms with van der Waals surface area (Å²) >= 11 is 0. The fraction of sp³-hybridized carbons (Fsp3) is 0.800. The minimum atomic E-state index is -0.611. The van der Waals surface area contributed by atoms with E-state index in [0.29, 0.717) is 0 Å². The molecule has 54 valence electrons. The molecular weight excluding hydrogens is 138 g/mol. The summed E-state index contributed by atoms with van der Waals surface area (Å²) in [5.41, 5.74) is 0. The van der Waals surface area contributed by atoms with Crippen LogP contribution in [-0.2, 0) is 15.5 Å². The second-order valence-corrected chi connectivity index (χ2v) is 3.11. The molecule has 0 atom stereocenters. The summed E-state index contributed by atoms with van der Waals surface area (Å²) in [6.07, 6.45) is 4.76. The molecule has 0 aromatic rings. The van der Waals surface area contributed by atoms with E-state index in [9.17, 15) is 4.21 Å². The summed E-state index contributed by atoms with van der Waals surface area (Å²) in [7, 11) is -0.611. The molecule has 0 radical (unpaired) electrons. The summed E-state index contributed by atoms with van der Waals surface area (Å²) in [6, 6.07) is 0. The van der Waals surface area contributed by atoms with E-state index in [1.54, 1.807) is 12.5 Å². The van der Waals surface area contributed by atoms with Crippen LogP contribution in [0.1, 0.15) is 0 Å². The maximum Gasteiger partial charge on any atom is 0.169 e. The first-order valence-corrected chi connectivity index (χ1v) is 4.55. The van der Waals surface area contributed by atoms with E-state index in [2.05, 4.69) is 9.73 Å². The molecule has 1 heterocycles. The van der Waals surface area contributed by atoms with Gasteiger partial charge in [0, 0.05) is 23.3 Å². The van der Waals surface area contributed by atoms with Crippen LogP contribution in [0.3, 0.4) is 0 Å². The molecule has 0 fully saturated rings. The van der Waals surface area contributed by atoms with Crippen molar-refractivity contribution in [3.63, 3.8) is 0 Å². The molecule has 0 aliphatic carbocycles. The van der Waals surface area contributed by atoms with Crippen molar-refractivity contribution in [2.45, 2.75) is 0 Å². The Kier molecular flexibility index (Phi) is 5.51. The quantitative estimate of drug-likeness (QED) is 0.488. The fourth-order valence-corrected chi connectivity index (χ4v) is 0.264. The van der Waals surface area contributed by atoms with Crippen molar-refractivity contribution in [3.05, 3.63) is 0 Å². The van der Waals surface area contributed by atoms with Gasteiger partial charge in [-0.3, -0.25) is 9.20 Å². The van der Waals surface area contributed by atoms with Gasteiger partial charge >= 0.3 is 0 Å². The molecule has 9 heavy (non-hydrogen) atoms. The van der Waals surface area contributed by atoms with E-state index in [4.69, 9.17) is 0 Å². The number of ether oxygens (including phenoxy) is 1. The Morgan fingerprint density at radius 3 is 2.33 bits per heavy atom. The van der Waals surface area contributed by atoms with Gasteiger partial charge in [-0.25, -0.2) is 0 Å². The van der Waals surface area contributed by atoms with Crippen LogP contribution in [0.2, 0.25) is 0 Å². The summed E-state index contributed by atoms with van der Waals surface area (Å²) < 4.78 is 14.2. The molecule has 4 heteroatoms. The predicted molar refractivity (Wildman–Crippen MR) is 39.3 cm³/mol. The fourth-order valence-electron chi connectivity index (χ4n) is 0.264. The number of nitrogens with zero attached hydrogens (tertiary/aromatic N) is 1. The van der Waals surface area contributed by atoms with Gasteiger partial charge in [0.2, 0.25) is 0 Å². The van der Waals surface area contributed by atoms with Gasteiger partial charge < -0.3 is 4.74 Å². The smallest absolute Gasteiger partial charge is 0.169 e. The maximum absolute atomic E-state index is 9.56. The Morgan fingerprint density at radius 2 is 2.22 bits per heavy atom. The first kappa shape index (κ1) is 8.62. The lowest BCUT2D eigenvalue weighted by atomic mass is 10.8. The van der Waals surface area contributed by atoms with Gasteiger partial charge in [-0.15, -0.1) is 0 Å². The van der Waals surface area contributed by atoms with E-state index >= 15 is 0 Å². The second-order valence-electron chi connectivity index (χ2n) is 1.62. The molecule has 1 aliphatic heterocycles. The minimum absolute atomic E-state index is 0.611. The highest BCUT2D eigenvalue weighted by Crippen LogP contribution is 1.78. The summed E-state index contributed by atoms with van der Waals surface area (Å²) in [6.45, 7) is 1.62. The summed E-state index contributed by atoms with van der Waals surface area (Å²) in [5, 5.41) is 0. The monoisotopic (exact) mass is 149 g/mol. The highest BCUT2D eigenvalue weighted by Gasteiger charge is 1.84. The highest BCUT2D eigenvalue weighted by atomic mass is 32.2. The van der Waals surface area contributed by atoms with Gasteiger partial charge in [-0.05, 0) is 0 Å². The number of aliphatic imine (C=N–C) groups is 1. The number of hydrogen-bond donors (Lipinski definition) is 0. The van der Waals surface area contributed by atoms with Crippen molar-refractivity contribution in [2.24, 2.45) is 4.99 Å². The van der Waals surface area contributed by atoms with Gasteiger partial charge in [-0.1, -0.05) is 0 Å². The molecule has 0 saturated heterocycles. The van der Waals surface area contributed by atoms with Crippen molar-refractivity contribution in [3.8, 4) is 0 Å². The standard InChI is InChI=1S/C3H5NO.C2H6OS/c1-2-5-3-4-1;1-4(2)3/h3H,1-2H2;1-2H3. The molecule has 0 amide bonds. The number of hydrogen-bond acceptors (Lipinski definition) is 3. The molecule has 0 bridgehead atoms. The first-order valence-electron chi connectivity index (χ1n) is 2.58. The lowest BCUT2D eigenvalue weighted by Gasteiger charge is -1.76. The lowest BCUT2D eigenvalue weighted by molar-refractivity contribution is 0.361. The Hall–Kier alpha value is -0.380. The van der Waals surface area contributed by atoms with Crippen molar-refractivity contribution >= 4 is 17.2 Å². The molecular formula is C5H11NO2S. The number of rotatable bonds is 0. The molecule has 0 aromatic heterocycles. The molecule has 0 N–H and O–H groups in total. The van der Waals surface area contributed by atoms with Gasteiger partial charge in [-0.2, -0.15) is 0 Å². The molecule has 0 unspecified atom stereocenters. The van der Waals surface area contributed by atoms with Crippen LogP contribution in [0.15, 0.2) is 4.99 Å². The van der Waals surface area contributed by atoms with Gasteiger partial charge in [0.15, 0.2) is 6.40 Å². The Balaban J connectivity index is 0.000000148. The van der Waals surface area contributed by atoms with Crippen LogP contribution in [0.5, 0.6) is 0 Å². The van der Waals surface area contributed by atoms with E-state index < -0.39 is 10.8 Å². The van der Waals surface area contributed by atoms with Gasteiger partial charge in [0.05, 0.1) is 6.54 Å². The van der Waals surface area contributed by atoms with E-state index in [0.717, 1.165) is 13.2 Å². The average Bonchev–Trinajstić information content (AvgIpc) is 2.11. The molecule has 3 nitrogen and oxygen atoms in total. The third-order valence-corrected chi connectivity index (χ3v) is 0.487. The second kappa shape index (κ2) is 5.75. The van der Waals surface area contributed by atoms with Crippen LogP contribution in [0.25, 0.3) is 0 Å². The van der Waals surface area contributed by atoms with Crippen molar-refractivity contribution in [2.75, 3.05) is 25.7 Å². The third-order valence-electron chi connectivity index (χ3n) is 0.487. The third kappa shape index (κ3) is 11.3. The van der Waals surface area contributed by atoms with Crippen molar-refractivity contribution in [1.29, 1.82) is 0 Å². The zero-order valence-electron chi connectivity index (χ0n) is 5.66. The van der Waals surface area contributed by atoms with E-state index in [1.807, 2.05) is 0 Å². The average molecular weight is 149 g/mol. The van der Waals surface area contributed by atoms with E-state index in [-0.39, 0.29) is 0 Å². The Labute approximate surface area is 57.6 Å². The zero-order valence-corrected chi connectivity index (χ0v) is 6.48. The van der Waals surface area contributed by atoms with Crippen LogP contribution in [0.4, 0.5) is 0 Å². The molecule has 1 aliphatic rings. The molecule has 0 aromatic carbocycles. The van der Waals surface area contributed by atoms with Crippen LogP contribution < -0.4 is 0 Å². The zero-order chi connectivity index (χ0) is 7.11. The molecule has 1 rings (SSSR count). The van der Waals surface area contributed by atoms with Crippen molar-refractivity contribution < 1.29 is 8.95 Å². The van der Waals surface area contributed by atoms with Crippen molar-refractivity contribution in [1.82, 2.24) is 0 Å². The first-order chi connectivity index (χ1) is 4.23. The SMILES string of the molecule is C1=NCCO1.CS(C)=O. The predicted octanol–water partition coefficient (Wildman–Crippen LogP) is 0.0396. The highest BCUT2D eigenvalue weighted by molar-refractivity contribution is 7.83.